The third kappa shape index (κ3) is 2.76. The van der Waals surface area contributed by atoms with Crippen LogP contribution < -0.4 is 5.73 Å². The average molecular weight is 281 g/mol. The van der Waals surface area contributed by atoms with Crippen molar-refractivity contribution in [3.05, 3.63) is 0 Å². The van der Waals surface area contributed by atoms with Crippen molar-refractivity contribution >= 4 is 11.9 Å². The zero-order valence-corrected chi connectivity index (χ0v) is 11.1. The molecule has 0 aromatic heterocycles. The molecule has 8 heteroatoms. The topological polar surface area (TPSA) is 79.4 Å². The van der Waals surface area contributed by atoms with E-state index in [4.69, 9.17) is 15.9 Å². The maximum absolute atomic E-state index is 13.2. The number of nitrogens with one attached hydrogen (secondary N) is 1. The molecule has 1 aliphatic rings. The third-order valence-corrected chi connectivity index (χ3v) is 2.91. The van der Waals surface area contributed by atoms with E-state index in [1.165, 1.54) is 0 Å². The van der Waals surface area contributed by atoms with E-state index in [9.17, 15) is 18.0 Å². The van der Waals surface area contributed by atoms with Crippen LogP contribution in [0.2, 0.25) is 0 Å². The van der Waals surface area contributed by atoms with Gasteiger partial charge < -0.3 is 10.5 Å². The van der Waals surface area contributed by atoms with Crippen LogP contribution >= 0.6 is 0 Å². The molecule has 1 heterocycles. The lowest BCUT2D eigenvalue weighted by Crippen LogP contribution is -2.64. The molecule has 0 saturated carbocycles. The highest BCUT2D eigenvalue weighted by Crippen LogP contribution is 2.43. The number of likely N-dealkylation sites (tertiary alicyclic amines) is 1. The van der Waals surface area contributed by atoms with Gasteiger partial charge in [-0.3, -0.25) is 10.3 Å². The molecule has 0 aromatic carbocycles. The van der Waals surface area contributed by atoms with Crippen LogP contribution in [-0.2, 0) is 4.74 Å². The van der Waals surface area contributed by atoms with Crippen molar-refractivity contribution in [2.24, 2.45) is 5.73 Å². The summed E-state index contributed by atoms with van der Waals surface area (Å²) in [5, 5.41) is 7.26. The van der Waals surface area contributed by atoms with Gasteiger partial charge in [-0.2, -0.15) is 13.2 Å². The van der Waals surface area contributed by atoms with Crippen molar-refractivity contribution in [2.45, 2.75) is 50.9 Å². The van der Waals surface area contributed by atoms with E-state index in [2.05, 4.69) is 0 Å². The van der Waals surface area contributed by atoms with E-state index >= 15 is 0 Å². The van der Waals surface area contributed by atoms with Crippen LogP contribution in [0.1, 0.15) is 33.6 Å². The number of amidine groups is 1. The Labute approximate surface area is 109 Å². The molecule has 1 aliphatic heterocycles. The van der Waals surface area contributed by atoms with Gasteiger partial charge in [0, 0.05) is 6.54 Å². The van der Waals surface area contributed by atoms with E-state index in [1.54, 1.807) is 20.8 Å². The number of carbonyl (C=O) groups excluding carboxylic acids is 1. The van der Waals surface area contributed by atoms with Gasteiger partial charge in [-0.25, -0.2) is 4.79 Å². The van der Waals surface area contributed by atoms with Crippen molar-refractivity contribution in [3.63, 3.8) is 0 Å². The normalized spacial score (nSPS) is 24.4. The molecule has 0 radical (unpaired) electrons. The van der Waals surface area contributed by atoms with Gasteiger partial charge in [0.2, 0.25) is 0 Å². The third-order valence-electron chi connectivity index (χ3n) is 2.91. The van der Waals surface area contributed by atoms with Crippen LogP contribution in [0, 0.1) is 5.41 Å². The number of nitrogens with zero attached hydrogens (tertiary/aromatic N) is 1. The van der Waals surface area contributed by atoms with Gasteiger partial charge in [-0.05, 0) is 33.6 Å². The first kappa shape index (κ1) is 15.6. The monoisotopic (exact) mass is 281 g/mol. The summed E-state index contributed by atoms with van der Waals surface area (Å²) in [5.74, 6) is -1.08. The lowest BCUT2D eigenvalue weighted by atomic mass is 9.94. The Morgan fingerprint density at radius 2 is 1.89 bits per heavy atom. The summed E-state index contributed by atoms with van der Waals surface area (Å²) < 4.78 is 44.7. The summed E-state index contributed by atoms with van der Waals surface area (Å²) in [6, 6.07) is 0. The van der Waals surface area contributed by atoms with Crippen molar-refractivity contribution in [3.8, 4) is 0 Å². The second-order valence-corrected chi connectivity index (χ2v) is 5.51. The van der Waals surface area contributed by atoms with Crippen LogP contribution in [0.3, 0.4) is 0 Å². The number of rotatable bonds is 1. The lowest BCUT2D eigenvalue weighted by molar-refractivity contribution is -0.195. The Hall–Kier alpha value is -1.47. The Morgan fingerprint density at radius 3 is 2.26 bits per heavy atom. The fourth-order valence-electron chi connectivity index (χ4n) is 2.11. The van der Waals surface area contributed by atoms with Gasteiger partial charge in [-0.15, -0.1) is 0 Å². The predicted octanol–water partition coefficient (Wildman–Crippen LogP) is 2.25. The molecule has 1 rings (SSSR count). The molecule has 1 fully saturated rings. The minimum Gasteiger partial charge on any atom is -0.444 e. The van der Waals surface area contributed by atoms with Gasteiger partial charge in [0.25, 0.3) is 0 Å². The zero-order chi connectivity index (χ0) is 15.1. The molecule has 0 unspecified atom stereocenters. The Balaban J connectivity index is 3.12. The number of hydrogen-bond acceptors (Lipinski definition) is 3. The number of amides is 1. The van der Waals surface area contributed by atoms with Crippen LogP contribution in [-0.4, -0.2) is 40.7 Å². The molecule has 1 amide bonds. The van der Waals surface area contributed by atoms with Crippen molar-refractivity contribution in [1.82, 2.24) is 4.90 Å². The highest BCUT2D eigenvalue weighted by Gasteiger charge is 2.65. The molecule has 19 heavy (non-hydrogen) atoms. The largest absolute Gasteiger partial charge is 0.444 e. The highest BCUT2D eigenvalue weighted by molar-refractivity contribution is 5.92. The molecule has 110 valence electrons. The van der Waals surface area contributed by atoms with Crippen molar-refractivity contribution in [1.29, 1.82) is 5.41 Å². The lowest BCUT2D eigenvalue weighted by Gasteiger charge is -2.39. The summed E-state index contributed by atoms with van der Waals surface area (Å²) in [7, 11) is 0. The quantitative estimate of drug-likeness (QED) is 0.571. The van der Waals surface area contributed by atoms with Gasteiger partial charge in [-0.1, -0.05) is 0 Å². The SMILES string of the molecule is CC(C)(C)OC(=O)N1CCC[C@@]1(C(=N)N)C(F)(F)F. The fraction of sp³-hybridized carbons (Fsp3) is 0.818. The number of alkyl halides is 3. The van der Waals surface area contributed by atoms with E-state index < -0.39 is 35.7 Å². The standard InChI is InChI=1S/C11H18F3N3O2/c1-9(2,3)19-8(18)17-6-4-5-10(17,7(15)16)11(12,13)14/h4-6H2,1-3H3,(H3,15,16)/t10-/m1/s1. The van der Waals surface area contributed by atoms with Crippen molar-refractivity contribution < 1.29 is 22.7 Å². The summed E-state index contributed by atoms with van der Waals surface area (Å²) in [4.78, 5) is 12.4. The average Bonchev–Trinajstić information content (AvgIpc) is 2.57. The van der Waals surface area contributed by atoms with Crippen LogP contribution in [0.15, 0.2) is 0 Å². The minimum absolute atomic E-state index is 0.123. The molecule has 1 saturated heterocycles. The molecular weight excluding hydrogens is 263 g/mol. The Kier molecular flexibility index (Phi) is 3.75. The second kappa shape index (κ2) is 4.57. The van der Waals surface area contributed by atoms with E-state index in [1.807, 2.05) is 0 Å². The Bertz CT molecular complexity index is 390. The first-order chi connectivity index (χ1) is 8.42. The van der Waals surface area contributed by atoms with E-state index in [0.717, 1.165) is 0 Å². The number of ether oxygens (including phenoxy) is 1. The van der Waals surface area contributed by atoms with E-state index in [0.29, 0.717) is 4.90 Å². The predicted molar refractivity (Wildman–Crippen MR) is 62.9 cm³/mol. The summed E-state index contributed by atoms with van der Waals surface area (Å²) in [5.41, 5.74) is 1.47. The number of nitrogens with two attached hydrogens (primary N) is 1. The second-order valence-electron chi connectivity index (χ2n) is 5.51. The molecular formula is C11H18F3N3O2. The number of hydrogen-bond donors (Lipinski definition) is 2. The molecule has 0 bridgehead atoms. The highest BCUT2D eigenvalue weighted by atomic mass is 19.4. The maximum Gasteiger partial charge on any atom is 0.419 e. The van der Waals surface area contributed by atoms with E-state index in [-0.39, 0.29) is 13.0 Å². The summed E-state index contributed by atoms with van der Waals surface area (Å²) >= 11 is 0. The van der Waals surface area contributed by atoms with Gasteiger partial charge in [0.1, 0.15) is 11.4 Å². The number of carbonyl (C=O) groups is 1. The first-order valence-corrected chi connectivity index (χ1v) is 5.83. The van der Waals surface area contributed by atoms with Crippen LogP contribution in [0.5, 0.6) is 0 Å². The Morgan fingerprint density at radius 1 is 1.37 bits per heavy atom. The zero-order valence-electron chi connectivity index (χ0n) is 11.1. The maximum atomic E-state index is 13.2. The molecule has 5 nitrogen and oxygen atoms in total. The minimum atomic E-state index is -4.80. The summed E-state index contributed by atoms with van der Waals surface area (Å²) in [6.45, 7) is 4.55. The number of halogens is 3. The summed E-state index contributed by atoms with van der Waals surface area (Å²) in [6.07, 6.45) is -6.19. The molecule has 1 atom stereocenters. The first-order valence-electron chi connectivity index (χ1n) is 5.83. The van der Waals surface area contributed by atoms with Crippen molar-refractivity contribution in [2.75, 3.05) is 6.54 Å². The van der Waals surface area contributed by atoms with Gasteiger partial charge in [0.15, 0.2) is 5.54 Å². The molecule has 3 N–H and O–H groups in total. The van der Waals surface area contributed by atoms with Crippen LogP contribution in [0.4, 0.5) is 18.0 Å². The molecule has 0 spiro atoms. The van der Waals surface area contributed by atoms with Gasteiger partial charge in [0.05, 0.1) is 0 Å². The molecule has 0 aromatic rings. The smallest absolute Gasteiger partial charge is 0.419 e. The van der Waals surface area contributed by atoms with Gasteiger partial charge >= 0.3 is 12.3 Å². The van der Waals surface area contributed by atoms with Crippen LogP contribution in [0.25, 0.3) is 0 Å². The molecule has 0 aliphatic carbocycles. The fourth-order valence-corrected chi connectivity index (χ4v) is 2.11.